The molecule has 1 aliphatic rings. The molecule has 2 nitrogen and oxygen atoms in total. The van der Waals surface area contributed by atoms with Gasteiger partial charge in [-0.05, 0) is 68.5 Å². The maximum absolute atomic E-state index is 3.76. The fourth-order valence-electron chi connectivity index (χ4n) is 4.89. The smallest absolute Gasteiger partial charge is 0.0569 e. The zero-order chi connectivity index (χ0) is 16.7. The minimum absolute atomic E-state index is 1.19. The third kappa shape index (κ3) is 1.64. The van der Waals surface area contributed by atoms with Gasteiger partial charge in [0.1, 0.15) is 0 Å². The Balaban J connectivity index is 1.97. The van der Waals surface area contributed by atoms with Gasteiger partial charge in [0.05, 0.1) is 11.0 Å². The van der Waals surface area contributed by atoms with E-state index in [1.165, 1.54) is 74.0 Å². The molecule has 0 fully saturated rings. The largest absolute Gasteiger partial charge is 0.354 e. The van der Waals surface area contributed by atoms with Gasteiger partial charge in [-0.15, -0.1) is 0 Å². The Hall–Kier alpha value is -2.74. The molecule has 0 saturated carbocycles. The van der Waals surface area contributed by atoms with E-state index in [1.807, 2.05) is 0 Å². The highest BCUT2D eigenvalue weighted by Gasteiger charge is 2.24. The van der Waals surface area contributed by atoms with Gasteiger partial charge in [0.25, 0.3) is 0 Å². The van der Waals surface area contributed by atoms with E-state index in [0.29, 0.717) is 0 Å². The van der Waals surface area contributed by atoms with Gasteiger partial charge in [0.2, 0.25) is 0 Å². The Morgan fingerprint density at radius 2 is 1.28 bits per heavy atom. The van der Waals surface area contributed by atoms with E-state index in [0.717, 1.165) is 0 Å². The third-order valence-corrected chi connectivity index (χ3v) is 5.98. The highest BCUT2D eigenvalue weighted by Crippen LogP contribution is 2.43. The minimum Gasteiger partial charge on any atom is -0.354 e. The van der Waals surface area contributed by atoms with Gasteiger partial charge in [-0.1, -0.05) is 23.3 Å². The van der Waals surface area contributed by atoms with Crippen LogP contribution >= 0.6 is 0 Å². The highest BCUT2D eigenvalue weighted by molar-refractivity contribution is 6.26. The van der Waals surface area contributed by atoms with Crippen LogP contribution in [0, 0.1) is 13.8 Å². The summed E-state index contributed by atoms with van der Waals surface area (Å²) < 4.78 is 0. The van der Waals surface area contributed by atoms with Crippen molar-refractivity contribution in [1.29, 1.82) is 0 Å². The van der Waals surface area contributed by atoms with Crippen molar-refractivity contribution in [3.63, 3.8) is 0 Å². The minimum atomic E-state index is 1.19. The zero-order valence-corrected chi connectivity index (χ0v) is 14.6. The predicted octanol–water partition coefficient (Wildman–Crippen LogP) is 6.06. The maximum atomic E-state index is 3.76. The number of hydrogen-bond donors (Lipinski definition) is 2. The SMILES string of the molecule is Cc1ccc2[nH]c3c(c4c(c5[nH]c6ccc(C)cc6c53)CCC4)c2c1. The van der Waals surface area contributed by atoms with Gasteiger partial charge in [-0.2, -0.15) is 0 Å². The predicted molar refractivity (Wildman–Crippen MR) is 107 cm³/mol. The molecule has 2 N–H and O–H groups in total. The number of hydrogen-bond acceptors (Lipinski definition) is 0. The Kier molecular flexibility index (Phi) is 2.41. The van der Waals surface area contributed by atoms with Crippen molar-refractivity contribution in [2.24, 2.45) is 0 Å². The summed E-state index contributed by atoms with van der Waals surface area (Å²) in [5, 5.41) is 5.57. The summed E-state index contributed by atoms with van der Waals surface area (Å²) in [6.07, 6.45) is 3.64. The molecule has 2 heteroatoms. The van der Waals surface area contributed by atoms with Gasteiger partial charge in [-0.3, -0.25) is 0 Å². The molecule has 0 unspecified atom stereocenters. The average molecular weight is 324 g/mol. The van der Waals surface area contributed by atoms with Crippen molar-refractivity contribution in [3.8, 4) is 0 Å². The van der Waals surface area contributed by atoms with E-state index in [-0.39, 0.29) is 0 Å². The summed E-state index contributed by atoms with van der Waals surface area (Å²) in [5.74, 6) is 0. The Morgan fingerprint density at radius 3 is 2.00 bits per heavy atom. The number of rotatable bonds is 0. The molecule has 122 valence electrons. The molecule has 0 aliphatic heterocycles. The lowest BCUT2D eigenvalue weighted by molar-refractivity contribution is 0.915. The van der Waals surface area contributed by atoms with Gasteiger partial charge in [0.15, 0.2) is 0 Å². The van der Waals surface area contributed by atoms with Crippen molar-refractivity contribution >= 4 is 43.6 Å². The average Bonchev–Trinajstić information content (AvgIpc) is 3.27. The zero-order valence-electron chi connectivity index (χ0n) is 14.6. The van der Waals surface area contributed by atoms with Crippen molar-refractivity contribution in [3.05, 3.63) is 58.7 Å². The van der Waals surface area contributed by atoms with Crippen LogP contribution in [0.3, 0.4) is 0 Å². The van der Waals surface area contributed by atoms with E-state index < -0.39 is 0 Å². The first-order chi connectivity index (χ1) is 12.2. The topological polar surface area (TPSA) is 31.6 Å². The number of benzene rings is 3. The number of H-pyrrole nitrogens is 2. The first-order valence-corrected chi connectivity index (χ1v) is 9.18. The van der Waals surface area contributed by atoms with E-state index in [4.69, 9.17) is 0 Å². The van der Waals surface area contributed by atoms with Crippen LogP contribution in [0.4, 0.5) is 0 Å². The Bertz CT molecular complexity index is 1330. The molecule has 5 aromatic rings. The first kappa shape index (κ1) is 13.5. The molecule has 25 heavy (non-hydrogen) atoms. The van der Waals surface area contributed by atoms with E-state index in [1.54, 1.807) is 11.1 Å². The number of fused-ring (bicyclic) bond motifs is 10. The van der Waals surface area contributed by atoms with Gasteiger partial charge < -0.3 is 9.97 Å². The van der Waals surface area contributed by atoms with Gasteiger partial charge in [-0.25, -0.2) is 0 Å². The summed E-state index contributed by atoms with van der Waals surface area (Å²) in [7, 11) is 0. The van der Waals surface area contributed by atoms with E-state index >= 15 is 0 Å². The number of nitrogens with one attached hydrogen (secondary N) is 2. The van der Waals surface area contributed by atoms with E-state index in [9.17, 15) is 0 Å². The number of aromatic nitrogens is 2. The van der Waals surface area contributed by atoms with Crippen LogP contribution in [0.1, 0.15) is 28.7 Å². The number of aromatic amines is 2. The number of aryl methyl sites for hydroxylation is 4. The summed E-state index contributed by atoms with van der Waals surface area (Å²) >= 11 is 0. The van der Waals surface area contributed by atoms with Crippen molar-refractivity contribution in [2.45, 2.75) is 33.1 Å². The van der Waals surface area contributed by atoms with Crippen LogP contribution < -0.4 is 0 Å². The Labute approximate surface area is 145 Å². The highest BCUT2D eigenvalue weighted by atomic mass is 14.8. The molecule has 0 amide bonds. The standard InChI is InChI=1S/C23H20N2/c1-12-6-8-18-16(10-12)20-14-4-3-5-15(14)22-21(23(20)25-18)17-11-13(2)7-9-19(17)24-22/h6-11,24-25H,3-5H2,1-2H3. The van der Waals surface area contributed by atoms with Crippen LogP contribution in [0.15, 0.2) is 36.4 Å². The molecule has 0 bridgehead atoms. The molecular weight excluding hydrogens is 304 g/mol. The molecule has 2 heterocycles. The molecule has 3 aromatic carbocycles. The maximum Gasteiger partial charge on any atom is 0.0569 e. The molecule has 6 rings (SSSR count). The second kappa shape index (κ2) is 4.45. The van der Waals surface area contributed by atoms with Crippen molar-refractivity contribution in [2.75, 3.05) is 0 Å². The van der Waals surface area contributed by atoms with Gasteiger partial charge >= 0.3 is 0 Å². The van der Waals surface area contributed by atoms with E-state index in [2.05, 4.69) is 60.2 Å². The summed E-state index contributed by atoms with van der Waals surface area (Å²) in [6.45, 7) is 4.36. The quantitative estimate of drug-likeness (QED) is 0.347. The monoisotopic (exact) mass is 324 g/mol. The lowest BCUT2D eigenvalue weighted by Gasteiger charge is -2.06. The van der Waals surface area contributed by atoms with Crippen LogP contribution in [0.2, 0.25) is 0 Å². The summed E-state index contributed by atoms with van der Waals surface area (Å²) in [6, 6.07) is 13.5. The molecule has 0 atom stereocenters. The molecule has 0 saturated heterocycles. The van der Waals surface area contributed by atoms with Crippen LogP contribution in [0.5, 0.6) is 0 Å². The molecule has 1 aliphatic carbocycles. The molecule has 2 aromatic heterocycles. The second-order valence-corrected chi connectivity index (χ2v) is 7.66. The Morgan fingerprint density at radius 1 is 0.680 bits per heavy atom. The van der Waals surface area contributed by atoms with Crippen LogP contribution in [-0.2, 0) is 12.8 Å². The molecule has 0 radical (unpaired) electrons. The fraction of sp³-hybridized carbons (Fsp3) is 0.217. The van der Waals surface area contributed by atoms with Crippen molar-refractivity contribution < 1.29 is 0 Å². The lowest BCUT2D eigenvalue weighted by Crippen LogP contribution is -1.87. The normalized spacial score (nSPS) is 14.3. The van der Waals surface area contributed by atoms with Crippen LogP contribution in [-0.4, -0.2) is 9.97 Å². The first-order valence-electron chi connectivity index (χ1n) is 9.18. The molecule has 0 spiro atoms. The third-order valence-electron chi connectivity index (χ3n) is 5.98. The van der Waals surface area contributed by atoms with Crippen molar-refractivity contribution in [1.82, 2.24) is 9.97 Å². The second-order valence-electron chi connectivity index (χ2n) is 7.66. The summed E-state index contributed by atoms with van der Waals surface area (Å²) in [5.41, 5.74) is 10.9. The van der Waals surface area contributed by atoms with Crippen LogP contribution in [0.25, 0.3) is 43.6 Å². The fourth-order valence-corrected chi connectivity index (χ4v) is 4.89. The van der Waals surface area contributed by atoms with Gasteiger partial charge in [0, 0.05) is 32.6 Å². The summed E-state index contributed by atoms with van der Waals surface area (Å²) in [4.78, 5) is 7.49. The lowest BCUT2D eigenvalue weighted by atomic mass is 9.97. The molecular formula is C23H20N2.